The average Bonchev–Trinajstić information content (AvgIpc) is 2.36. The second kappa shape index (κ2) is 6.56. The summed E-state index contributed by atoms with van der Waals surface area (Å²) in [6.45, 7) is 7.39. The number of aliphatic carboxylic acids is 1. The molecular weight excluding hydrogens is 274 g/mol. The third-order valence-electron chi connectivity index (χ3n) is 2.87. The van der Waals surface area contributed by atoms with Crippen molar-refractivity contribution >= 4 is 20.3 Å². The predicted octanol–water partition coefficient (Wildman–Crippen LogP) is 2.93. The number of benzene rings is 1. The van der Waals surface area contributed by atoms with Crippen molar-refractivity contribution in [3.63, 3.8) is 0 Å². The molecule has 0 saturated carbocycles. The van der Waals surface area contributed by atoms with Crippen molar-refractivity contribution < 1.29 is 19.4 Å². The van der Waals surface area contributed by atoms with Crippen molar-refractivity contribution in [2.45, 2.75) is 39.2 Å². The first-order valence-electron chi connectivity index (χ1n) is 6.46. The van der Waals surface area contributed by atoms with Gasteiger partial charge in [-0.2, -0.15) is 0 Å². The Morgan fingerprint density at radius 1 is 1.25 bits per heavy atom. The normalized spacial score (nSPS) is 12.6. The second-order valence-electron chi connectivity index (χ2n) is 5.60. The van der Waals surface area contributed by atoms with Crippen LogP contribution in [0.4, 0.5) is 4.79 Å². The van der Waals surface area contributed by atoms with Gasteiger partial charge in [-0.3, -0.25) is 4.79 Å². The van der Waals surface area contributed by atoms with Crippen molar-refractivity contribution in [2.24, 2.45) is 0 Å². The Kier molecular flexibility index (Phi) is 5.32. The molecule has 0 fully saturated rings. The quantitative estimate of drug-likeness (QED) is 0.848. The Hall–Kier alpha value is -1.82. The zero-order valence-electron chi connectivity index (χ0n) is 12.3. The molecule has 20 heavy (non-hydrogen) atoms. The van der Waals surface area contributed by atoms with Crippen LogP contribution in [0.25, 0.3) is 0 Å². The monoisotopic (exact) mass is 295 g/mol. The average molecular weight is 295 g/mol. The van der Waals surface area contributed by atoms with Crippen molar-refractivity contribution in [3.8, 4) is 0 Å². The molecular formula is C14H21NO4Si. The van der Waals surface area contributed by atoms with Gasteiger partial charge in [0.2, 0.25) is 0 Å². The fraction of sp³-hybridized carbons (Fsp3) is 0.429. The van der Waals surface area contributed by atoms with E-state index in [0.29, 0.717) is 0 Å². The van der Waals surface area contributed by atoms with Crippen LogP contribution in [0.3, 0.4) is 0 Å². The summed E-state index contributed by atoms with van der Waals surface area (Å²) in [5, 5.41) is 9.12. The van der Waals surface area contributed by atoms with Crippen LogP contribution in [0, 0.1) is 0 Å². The summed E-state index contributed by atoms with van der Waals surface area (Å²) in [5.41, 5.74) is 0.874. The number of carbonyl (C=O) groups excluding carboxylic acids is 1. The zero-order chi connectivity index (χ0) is 15.3. The van der Waals surface area contributed by atoms with Gasteiger partial charge in [-0.15, -0.1) is 0 Å². The molecule has 0 unspecified atom stereocenters. The molecule has 1 aromatic carbocycles. The lowest BCUT2D eigenvalue weighted by molar-refractivity contribution is -0.140. The molecule has 0 spiro atoms. The van der Waals surface area contributed by atoms with Crippen LogP contribution in [0.15, 0.2) is 30.3 Å². The Bertz CT molecular complexity index is 470. The molecule has 0 aliphatic carbocycles. The highest BCUT2D eigenvalue weighted by molar-refractivity contribution is 6.75. The number of nitrogens with zero attached hydrogens (tertiary/aromatic N) is 1. The van der Waals surface area contributed by atoms with Gasteiger partial charge in [-0.25, -0.2) is 4.79 Å². The number of carbonyl (C=O) groups is 2. The minimum absolute atomic E-state index is 0.146. The molecule has 1 aromatic rings. The van der Waals surface area contributed by atoms with Crippen molar-refractivity contribution in [2.75, 3.05) is 0 Å². The largest absolute Gasteiger partial charge is 0.480 e. The molecule has 1 rings (SSSR count). The van der Waals surface area contributed by atoms with Gasteiger partial charge in [0.25, 0.3) is 0 Å². The smallest absolute Gasteiger partial charge is 0.402 e. The summed E-state index contributed by atoms with van der Waals surface area (Å²) >= 11 is 0. The van der Waals surface area contributed by atoms with Gasteiger partial charge in [0.1, 0.15) is 12.6 Å². The van der Waals surface area contributed by atoms with E-state index in [9.17, 15) is 9.59 Å². The lowest BCUT2D eigenvalue weighted by Gasteiger charge is -2.36. The topological polar surface area (TPSA) is 66.8 Å². The van der Waals surface area contributed by atoms with Crippen molar-refractivity contribution in [3.05, 3.63) is 35.9 Å². The number of amides is 1. The van der Waals surface area contributed by atoms with Gasteiger partial charge in [0.15, 0.2) is 8.24 Å². The first-order valence-corrected chi connectivity index (χ1v) is 9.91. The van der Waals surface area contributed by atoms with Crippen LogP contribution >= 0.6 is 0 Å². The van der Waals surface area contributed by atoms with Gasteiger partial charge < -0.3 is 14.4 Å². The third kappa shape index (κ3) is 4.38. The van der Waals surface area contributed by atoms with Crippen molar-refractivity contribution in [1.82, 2.24) is 4.57 Å². The van der Waals surface area contributed by atoms with Gasteiger partial charge >= 0.3 is 12.1 Å². The SMILES string of the molecule is C[C@@H](C(=O)O)N(C(=O)OCc1ccccc1)[Si](C)(C)C. The van der Waals surface area contributed by atoms with Crippen LogP contribution in [0.2, 0.25) is 19.6 Å². The van der Waals surface area contributed by atoms with Crippen LogP contribution in [-0.2, 0) is 16.1 Å². The predicted molar refractivity (Wildman–Crippen MR) is 78.9 cm³/mol. The minimum Gasteiger partial charge on any atom is -0.480 e. The Labute approximate surface area is 120 Å². The number of hydrogen-bond acceptors (Lipinski definition) is 3. The van der Waals surface area contributed by atoms with Crippen LogP contribution in [0.1, 0.15) is 12.5 Å². The van der Waals surface area contributed by atoms with Gasteiger partial charge in [-0.05, 0) is 12.5 Å². The molecule has 0 bridgehead atoms. The van der Waals surface area contributed by atoms with Crippen molar-refractivity contribution in [1.29, 1.82) is 0 Å². The van der Waals surface area contributed by atoms with E-state index in [0.717, 1.165) is 5.56 Å². The molecule has 0 aliphatic heterocycles. The molecule has 1 atom stereocenters. The van der Waals surface area contributed by atoms with E-state index in [4.69, 9.17) is 9.84 Å². The van der Waals surface area contributed by atoms with Crippen LogP contribution in [0.5, 0.6) is 0 Å². The number of ether oxygens (including phenoxy) is 1. The van der Waals surface area contributed by atoms with Gasteiger partial charge in [0, 0.05) is 0 Å². The van der Waals surface area contributed by atoms with E-state index in [1.807, 2.05) is 50.0 Å². The molecule has 110 valence electrons. The fourth-order valence-electron chi connectivity index (χ4n) is 1.91. The maximum Gasteiger partial charge on any atom is 0.402 e. The molecule has 0 heterocycles. The Balaban J connectivity index is 2.77. The van der Waals surface area contributed by atoms with Crippen LogP contribution in [-0.4, -0.2) is 36.0 Å². The van der Waals surface area contributed by atoms with Crippen LogP contribution < -0.4 is 0 Å². The summed E-state index contributed by atoms with van der Waals surface area (Å²) in [7, 11) is -2.14. The second-order valence-corrected chi connectivity index (χ2v) is 10.4. The maximum atomic E-state index is 12.2. The molecule has 0 saturated heterocycles. The summed E-state index contributed by atoms with van der Waals surface area (Å²) < 4.78 is 6.62. The first kappa shape index (κ1) is 16.2. The van der Waals surface area contributed by atoms with Gasteiger partial charge in [0.05, 0.1) is 0 Å². The number of carboxylic acid groups (broad SMARTS) is 1. The Morgan fingerprint density at radius 2 is 1.80 bits per heavy atom. The van der Waals surface area contributed by atoms with E-state index < -0.39 is 26.3 Å². The maximum absolute atomic E-state index is 12.2. The summed E-state index contributed by atoms with van der Waals surface area (Å²) in [5.74, 6) is -1.02. The molecule has 0 radical (unpaired) electrons. The van der Waals surface area contributed by atoms with E-state index in [1.165, 1.54) is 11.5 Å². The molecule has 0 aliphatic rings. The molecule has 1 N–H and O–H groups in total. The third-order valence-corrected chi connectivity index (χ3v) is 4.88. The summed E-state index contributed by atoms with van der Waals surface area (Å²) in [6.07, 6.45) is -0.567. The Morgan fingerprint density at radius 3 is 2.25 bits per heavy atom. The summed E-state index contributed by atoms with van der Waals surface area (Å²) in [4.78, 5) is 23.3. The molecule has 1 amide bonds. The van der Waals surface area contributed by atoms with Gasteiger partial charge in [-0.1, -0.05) is 50.0 Å². The highest BCUT2D eigenvalue weighted by Crippen LogP contribution is 2.16. The zero-order valence-corrected chi connectivity index (χ0v) is 13.3. The van der Waals surface area contributed by atoms with E-state index in [1.54, 1.807) is 0 Å². The first-order chi connectivity index (χ1) is 9.23. The molecule has 0 aromatic heterocycles. The van der Waals surface area contributed by atoms with E-state index >= 15 is 0 Å². The standard InChI is InChI=1S/C14H21NO4Si/c1-11(13(16)17)15(20(2,3)4)14(18)19-10-12-8-6-5-7-9-12/h5-9,11H,10H2,1-4H3,(H,16,17)/t11-/m0/s1. The number of hydrogen-bond donors (Lipinski definition) is 1. The molecule has 6 heteroatoms. The molecule has 5 nitrogen and oxygen atoms in total. The number of rotatable bonds is 5. The van der Waals surface area contributed by atoms with E-state index in [-0.39, 0.29) is 6.61 Å². The minimum atomic E-state index is -2.14. The van der Waals surface area contributed by atoms with E-state index in [2.05, 4.69) is 0 Å². The fourth-order valence-corrected chi connectivity index (χ4v) is 3.80. The number of carboxylic acids is 1. The summed E-state index contributed by atoms with van der Waals surface area (Å²) in [6, 6.07) is 8.43. The lowest BCUT2D eigenvalue weighted by Crippen LogP contribution is -2.56. The lowest BCUT2D eigenvalue weighted by atomic mass is 10.2. The highest BCUT2D eigenvalue weighted by atomic mass is 28.3. The highest BCUT2D eigenvalue weighted by Gasteiger charge is 2.37.